The first kappa shape index (κ1) is 30.5. The zero-order valence-electron chi connectivity index (χ0n) is 26.8. The topological polar surface area (TPSA) is 108 Å². The van der Waals surface area contributed by atoms with Crippen molar-refractivity contribution in [1.29, 1.82) is 0 Å². The van der Waals surface area contributed by atoms with Gasteiger partial charge in [0.15, 0.2) is 5.82 Å². The number of ether oxygens (including phenoxy) is 1. The number of hydrogen-bond donors (Lipinski definition) is 1. The van der Waals surface area contributed by atoms with E-state index < -0.39 is 17.6 Å². The van der Waals surface area contributed by atoms with Crippen LogP contribution in [0.15, 0.2) is 48.5 Å². The molecule has 2 saturated carbocycles. The fourth-order valence-corrected chi connectivity index (χ4v) is 7.89. The Morgan fingerprint density at radius 3 is 2.44 bits per heavy atom. The number of hydrogen-bond acceptors (Lipinski definition) is 5. The van der Waals surface area contributed by atoms with Crippen molar-refractivity contribution in [2.45, 2.75) is 51.4 Å². The van der Waals surface area contributed by atoms with Crippen molar-refractivity contribution in [2.24, 2.45) is 30.5 Å². The molecule has 48 heavy (non-hydrogen) atoms. The van der Waals surface area contributed by atoms with Crippen LogP contribution in [0.25, 0.3) is 44.8 Å². The number of aromatic nitrogens is 4. The lowest BCUT2D eigenvalue weighted by molar-refractivity contribution is -0.137. The van der Waals surface area contributed by atoms with Gasteiger partial charge in [-0.1, -0.05) is 13.0 Å². The minimum Gasteiger partial charge on any atom is -0.494 e. The number of primary amides is 1. The van der Waals surface area contributed by atoms with E-state index in [1.807, 2.05) is 33.2 Å². The number of carbonyl (C=O) groups is 2. The molecular weight excluding hydrogens is 621 g/mol. The molecule has 0 spiro atoms. The Labute approximate surface area is 274 Å². The van der Waals surface area contributed by atoms with Gasteiger partial charge in [-0.05, 0) is 85.9 Å². The lowest BCUT2D eigenvalue weighted by Gasteiger charge is -2.27. The largest absolute Gasteiger partial charge is 0.494 e. The number of piperidine rings is 1. The summed E-state index contributed by atoms with van der Waals surface area (Å²) >= 11 is 0. The molecule has 4 heterocycles. The molecule has 2 aromatic carbocycles. The summed E-state index contributed by atoms with van der Waals surface area (Å²) in [6, 6.07) is 12.5. The zero-order valence-corrected chi connectivity index (χ0v) is 26.8. The maximum Gasteiger partial charge on any atom is 0.417 e. The van der Waals surface area contributed by atoms with Gasteiger partial charge in [0.25, 0.3) is 5.91 Å². The lowest BCUT2D eigenvalue weighted by Crippen LogP contribution is -2.38. The quantitative estimate of drug-likeness (QED) is 0.211. The zero-order chi connectivity index (χ0) is 33.6. The van der Waals surface area contributed by atoms with Crippen LogP contribution in [0.5, 0.6) is 5.75 Å². The number of amides is 2. The number of benzene rings is 2. The Balaban J connectivity index is 1.25. The number of nitrogens with zero attached hydrogens (tertiary/aromatic N) is 5. The first-order chi connectivity index (χ1) is 22.9. The minimum atomic E-state index is -4.72. The molecule has 3 fully saturated rings. The maximum absolute atomic E-state index is 14.2. The third-order valence-corrected chi connectivity index (χ3v) is 10.7. The summed E-state index contributed by atoms with van der Waals surface area (Å²) < 4.78 is 52.3. The second-order valence-electron chi connectivity index (χ2n) is 13.6. The molecule has 1 saturated heterocycles. The van der Waals surface area contributed by atoms with Gasteiger partial charge in [0.05, 0.1) is 29.6 Å². The normalized spacial score (nSPS) is 20.7. The average Bonchev–Trinajstić information content (AvgIpc) is 3.47. The van der Waals surface area contributed by atoms with Crippen molar-refractivity contribution in [1.82, 2.24) is 24.0 Å². The smallest absolute Gasteiger partial charge is 0.417 e. The summed E-state index contributed by atoms with van der Waals surface area (Å²) in [6.07, 6.45) is -0.438. The van der Waals surface area contributed by atoms with Crippen LogP contribution >= 0.6 is 0 Å². The van der Waals surface area contributed by atoms with E-state index in [-0.39, 0.29) is 28.8 Å². The highest BCUT2D eigenvalue weighted by atomic mass is 19.4. The third-order valence-electron chi connectivity index (χ3n) is 10.7. The van der Waals surface area contributed by atoms with Crippen molar-refractivity contribution in [3.05, 3.63) is 65.2 Å². The summed E-state index contributed by atoms with van der Waals surface area (Å²) in [5.74, 6) is 1.68. The molecule has 0 radical (unpaired) electrons. The molecule has 5 aromatic rings. The van der Waals surface area contributed by atoms with E-state index >= 15 is 0 Å². The number of rotatable bonds is 7. The van der Waals surface area contributed by atoms with Gasteiger partial charge in [-0.25, -0.2) is 9.97 Å². The number of methoxy groups -OCH3 is 1. The second kappa shape index (κ2) is 10.8. The van der Waals surface area contributed by atoms with E-state index in [0.29, 0.717) is 52.6 Å². The summed E-state index contributed by atoms with van der Waals surface area (Å²) in [6.45, 7) is 3.63. The average molecular weight is 657 g/mol. The van der Waals surface area contributed by atoms with E-state index in [1.165, 1.54) is 12.1 Å². The number of alkyl halides is 3. The number of aryl methyl sites for hydroxylation is 1. The monoisotopic (exact) mass is 656 g/mol. The SMILES string of the molecule is COc1cc(C(=O)N2CC3CCC2[C@@H]3C)cc2nc(-c3cc4ccc(-c5ccc(C(N)=O)cc5C(F)(F)F)nc4n3CC3CC3)n(C)c12. The van der Waals surface area contributed by atoms with Gasteiger partial charge in [-0.15, -0.1) is 0 Å². The Morgan fingerprint density at radius 1 is 1.00 bits per heavy atom. The summed E-state index contributed by atoms with van der Waals surface area (Å²) in [5.41, 5.74) is 7.27. The number of carbonyl (C=O) groups excluding carboxylic acids is 2. The van der Waals surface area contributed by atoms with E-state index in [2.05, 4.69) is 6.92 Å². The van der Waals surface area contributed by atoms with Crippen LogP contribution in [0.1, 0.15) is 58.9 Å². The van der Waals surface area contributed by atoms with Crippen LogP contribution in [0.2, 0.25) is 0 Å². The Hall–Kier alpha value is -4.87. The highest BCUT2D eigenvalue weighted by Gasteiger charge is 2.46. The Kier molecular flexibility index (Phi) is 6.87. The van der Waals surface area contributed by atoms with Gasteiger partial charge in [-0.3, -0.25) is 9.59 Å². The maximum atomic E-state index is 14.2. The molecule has 2 aliphatic carbocycles. The molecular formula is C36H35F3N6O3. The number of pyridine rings is 1. The molecule has 3 atom stereocenters. The predicted octanol–water partition coefficient (Wildman–Crippen LogP) is 6.66. The standard InChI is InChI=1S/C36H35F3N6O3/c1-18-22-8-11-28(18)45(17-22)35(47)23-13-27-31(30(15-23)48-3)43(2)34(42-27)29-14-21-7-10-26(41-33(21)44(29)16-19-4-5-19)24-9-6-20(32(40)46)12-25(24)36(37,38)39/h6-7,9-10,12-15,18-19,22,28H,4-5,8,11,16-17H2,1-3H3,(H2,40,46)/t18-,22?,28?/m1/s1. The Morgan fingerprint density at radius 2 is 1.79 bits per heavy atom. The van der Waals surface area contributed by atoms with Crippen molar-refractivity contribution < 1.29 is 27.5 Å². The van der Waals surface area contributed by atoms with Gasteiger partial charge in [-0.2, -0.15) is 13.2 Å². The molecule has 3 aromatic heterocycles. The third kappa shape index (κ3) is 4.83. The first-order valence-electron chi connectivity index (χ1n) is 16.3. The van der Waals surface area contributed by atoms with E-state index in [1.54, 1.807) is 25.3 Å². The minimum absolute atomic E-state index is 0.0110. The van der Waals surface area contributed by atoms with Crippen molar-refractivity contribution in [3.63, 3.8) is 0 Å². The van der Waals surface area contributed by atoms with Crippen LogP contribution < -0.4 is 10.5 Å². The van der Waals surface area contributed by atoms with Crippen LogP contribution in [-0.4, -0.2) is 55.5 Å². The highest BCUT2D eigenvalue weighted by molar-refractivity contribution is 6.00. The number of nitrogens with two attached hydrogens (primary N) is 1. The molecule has 2 unspecified atom stereocenters. The molecule has 12 heteroatoms. The van der Waals surface area contributed by atoms with E-state index in [9.17, 15) is 22.8 Å². The fourth-order valence-electron chi connectivity index (χ4n) is 7.89. The van der Waals surface area contributed by atoms with Crippen LogP contribution in [-0.2, 0) is 19.8 Å². The van der Waals surface area contributed by atoms with Gasteiger partial charge in [0.2, 0.25) is 5.91 Å². The van der Waals surface area contributed by atoms with Crippen molar-refractivity contribution >= 4 is 33.9 Å². The van der Waals surface area contributed by atoms with Crippen LogP contribution in [0.3, 0.4) is 0 Å². The molecule has 3 aliphatic rings. The Bertz CT molecular complexity index is 2150. The molecule has 248 valence electrons. The number of halogens is 3. The second-order valence-corrected chi connectivity index (χ2v) is 13.6. The summed E-state index contributed by atoms with van der Waals surface area (Å²) in [7, 11) is 3.47. The molecule has 1 aliphatic heterocycles. The lowest BCUT2D eigenvalue weighted by atomic mass is 10.00. The number of imidazole rings is 1. The molecule has 2 bridgehead atoms. The molecule has 2 N–H and O–H groups in total. The molecule has 8 rings (SSSR count). The van der Waals surface area contributed by atoms with Gasteiger partial charge >= 0.3 is 6.18 Å². The van der Waals surface area contributed by atoms with E-state index in [0.717, 1.165) is 54.9 Å². The predicted molar refractivity (Wildman–Crippen MR) is 174 cm³/mol. The van der Waals surface area contributed by atoms with Crippen molar-refractivity contribution in [2.75, 3.05) is 13.7 Å². The summed E-state index contributed by atoms with van der Waals surface area (Å²) in [5, 5.41) is 0.754. The van der Waals surface area contributed by atoms with Crippen LogP contribution in [0.4, 0.5) is 13.2 Å². The number of fused-ring (bicyclic) bond motifs is 4. The van der Waals surface area contributed by atoms with Crippen LogP contribution in [0, 0.1) is 17.8 Å². The van der Waals surface area contributed by atoms with E-state index in [4.69, 9.17) is 20.4 Å². The van der Waals surface area contributed by atoms with Gasteiger partial charge < -0.3 is 24.5 Å². The fraction of sp³-hybridized carbons (Fsp3) is 0.389. The number of likely N-dealkylation sites (tertiary alicyclic amines) is 1. The molecule has 2 amide bonds. The highest BCUT2D eigenvalue weighted by Crippen LogP contribution is 2.44. The van der Waals surface area contributed by atoms with Crippen molar-refractivity contribution in [3.8, 4) is 28.5 Å². The van der Waals surface area contributed by atoms with Gasteiger partial charge in [0.1, 0.15) is 16.9 Å². The molecule has 9 nitrogen and oxygen atoms in total. The van der Waals surface area contributed by atoms with Gasteiger partial charge in [0, 0.05) is 48.3 Å². The summed E-state index contributed by atoms with van der Waals surface area (Å²) in [4.78, 5) is 37.3. The first-order valence-corrected chi connectivity index (χ1v) is 16.3.